The number of methoxy groups -OCH3 is 1. The minimum absolute atomic E-state index is 0.0940. The highest BCUT2D eigenvalue weighted by Gasteiger charge is 2.24. The zero-order valence-electron chi connectivity index (χ0n) is 12.9. The molecule has 0 unspecified atom stereocenters. The first-order chi connectivity index (χ1) is 10.5. The summed E-state index contributed by atoms with van der Waals surface area (Å²) in [5.41, 5.74) is 0.967. The van der Waals surface area contributed by atoms with E-state index in [1.54, 1.807) is 13.2 Å². The first-order valence-electron chi connectivity index (χ1n) is 7.39. The average Bonchev–Trinajstić information content (AvgIpc) is 2.50. The third kappa shape index (κ3) is 3.97. The second-order valence-corrected chi connectivity index (χ2v) is 5.74. The number of ether oxygens (including phenoxy) is 2. The molecular formula is C16H21ClFNO3. The molecule has 0 spiro atoms. The number of benzene rings is 1. The highest BCUT2D eigenvalue weighted by atomic mass is 35.5. The molecular weight excluding hydrogens is 309 g/mol. The first kappa shape index (κ1) is 17.2. The van der Waals surface area contributed by atoms with Crippen LogP contribution in [0.5, 0.6) is 0 Å². The number of hydrogen-bond acceptors (Lipinski definition) is 4. The van der Waals surface area contributed by atoms with Crippen molar-refractivity contribution in [3.05, 3.63) is 28.5 Å². The molecule has 2 rings (SSSR count). The largest absolute Gasteiger partial charge is 0.382 e. The lowest BCUT2D eigenvalue weighted by Crippen LogP contribution is -2.38. The third-order valence-corrected chi connectivity index (χ3v) is 4.22. The van der Waals surface area contributed by atoms with Gasteiger partial charge in [0.2, 0.25) is 0 Å². The van der Waals surface area contributed by atoms with E-state index in [2.05, 4.69) is 4.90 Å². The van der Waals surface area contributed by atoms with Crippen LogP contribution in [0.3, 0.4) is 0 Å². The summed E-state index contributed by atoms with van der Waals surface area (Å²) in [5.74, 6) is -0.786. The topological polar surface area (TPSA) is 38.8 Å². The molecule has 22 heavy (non-hydrogen) atoms. The maximum atomic E-state index is 13.6. The van der Waals surface area contributed by atoms with E-state index in [1.807, 2.05) is 0 Å². The van der Waals surface area contributed by atoms with Crippen LogP contribution in [0, 0.1) is 5.82 Å². The van der Waals surface area contributed by atoms with Crippen LogP contribution in [-0.4, -0.2) is 45.3 Å². The van der Waals surface area contributed by atoms with Crippen molar-refractivity contribution in [2.24, 2.45) is 0 Å². The molecule has 0 amide bonds. The lowest BCUT2D eigenvalue weighted by atomic mass is 10.0. The average molecular weight is 330 g/mol. The van der Waals surface area contributed by atoms with E-state index in [-0.39, 0.29) is 22.5 Å². The number of hydrogen-bond donors (Lipinski definition) is 0. The normalized spacial score (nSPS) is 16.1. The Labute approximate surface area is 135 Å². The molecule has 0 radical (unpaired) electrons. The van der Waals surface area contributed by atoms with Crippen molar-refractivity contribution in [1.82, 2.24) is 0 Å². The quantitative estimate of drug-likeness (QED) is 0.593. The van der Waals surface area contributed by atoms with Gasteiger partial charge in [-0.2, -0.15) is 0 Å². The van der Waals surface area contributed by atoms with Gasteiger partial charge in [-0.1, -0.05) is 11.6 Å². The van der Waals surface area contributed by atoms with Crippen LogP contribution in [0.2, 0.25) is 5.02 Å². The summed E-state index contributed by atoms with van der Waals surface area (Å²) in [6, 6.07) is 2.94. The fourth-order valence-corrected chi connectivity index (χ4v) is 2.99. The predicted octanol–water partition coefficient (Wildman–Crippen LogP) is 3.31. The number of anilines is 1. The van der Waals surface area contributed by atoms with Gasteiger partial charge < -0.3 is 14.4 Å². The Kier molecular flexibility index (Phi) is 6.17. The van der Waals surface area contributed by atoms with Crippen LogP contribution in [0.25, 0.3) is 0 Å². The maximum absolute atomic E-state index is 13.6. The summed E-state index contributed by atoms with van der Waals surface area (Å²) in [4.78, 5) is 13.9. The first-order valence-corrected chi connectivity index (χ1v) is 7.76. The van der Waals surface area contributed by atoms with Gasteiger partial charge in [0.25, 0.3) is 0 Å². The Bertz CT molecular complexity index is 530. The van der Waals surface area contributed by atoms with Crippen LogP contribution in [0.15, 0.2) is 12.1 Å². The monoisotopic (exact) mass is 329 g/mol. The van der Waals surface area contributed by atoms with Gasteiger partial charge in [0, 0.05) is 25.9 Å². The molecule has 6 heteroatoms. The molecule has 1 saturated heterocycles. The smallest absolute Gasteiger partial charge is 0.163 e. The van der Waals surface area contributed by atoms with Crippen molar-refractivity contribution in [3.63, 3.8) is 0 Å². The van der Waals surface area contributed by atoms with Crippen molar-refractivity contribution in [3.8, 4) is 0 Å². The Balaban J connectivity index is 2.05. The summed E-state index contributed by atoms with van der Waals surface area (Å²) in [6.45, 7) is 4.08. The second kappa shape index (κ2) is 7.90. The standard InChI is InChI=1S/C16H21ClFNO3/c1-11(20)15-14(4-3-13(18)16(15)17)19-7-5-12(6-8-19)22-10-9-21-2/h3-4,12H,5-10H2,1-2H3. The van der Waals surface area contributed by atoms with Gasteiger partial charge >= 0.3 is 0 Å². The number of carbonyl (C=O) groups is 1. The molecule has 122 valence electrons. The van der Waals surface area contributed by atoms with E-state index >= 15 is 0 Å². The van der Waals surface area contributed by atoms with Crippen LogP contribution in [0.4, 0.5) is 10.1 Å². The molecule has 0 atom stereocenters. The Hall–Kier alpha value is -1.17. The number of Topliss-reactive ketones (excluding diaryl/α,β-unsaturated/α-hetero) is 1. The van der Waals surface area contributed by atoms with E-state index < -0.39 is 5.82 Å². The van der Waals surface area contributed by atoms with Crippen molar-refractivity contribution >= 4 is 23.1 Å². The lowest BCUT2D eigenvalue weighted by molar-refractivity contribution is 0.00610. The highest BCUT2D eigenvalue weighted by molar-refractivity contribution is 6.34. The molecule has 1 aromatic carbocycles. The zero-order chi connectivity index (χ0) is 16.1. The molecule has 1 aliphatic rings. The molecule has 1 aromatic rings. The Morgan fingerprint density at radius 1 is 1.36 bits per heavy atom. The number of ketones is 1. The predicted molar refractivity (Wildman–Crippen MR) is 84.5 cm³/mol. The van der Waals surface area contributed by atoms with Gasteiger partial charge in [0.05, 0.1) is 29.9 Å². The number of carbonyl (C=O) groups excluding carboxylic acids is 1. The lowest BCUT2D eigenvalue weighted by Gasteiger charge is -2.34. The molecule has 1 heterocycles. The second-order valence-electron chi connectivity index (χ2n) is 5.36. The highest BCUT2D eigenvalue weighted by Crippen LogP contribution is 2.32. The maximum Gasteiger partial charge on any atom is 0.163 e. The fourth-order valence-electron chi connectivity index (χ4n) is 2.70. The summed E-state index contributed by atoms with van der Waals surface area (Å²) < 4.78 is 24.3. The van der Waals surface area contributed by atoms with E-state index in [0.717, 1.165) is 25.9 Å². The van der Waals surface area contributed by atoms with E-state index in [0.29, 0.717) is 18.9 Å². The van der Waals surface area contributed by atoms with Crippen molar-refractivity contribution in [1.29, 1.82) is 0 Å². The third-order valence-electron chi connectivity index (χ3n) is 3.85. The molecule has 1 aliphatic heterocycles. The minimum Gasteiger partial charge on any atom is -0.382 e. The van der Waals surface area contributed by atoms with E-state index in [9.17, 15) is 9.18 Å². The van der Waals surface area contributed by atoms with Crippen LogP contribution >= 0.6 is 11.6 Å². The Morgan fingerprint density at radius 3 is 2.64 bits per heavy atom. The van der Waals surface area contributed by atoms with Crippen molar-refractivity contribution < 1.29 is 18.7 Å². The van der Waals surface area contributed by atoms with E-state index in [4.69, 9.17) is 21.1 Å². The van der Waals surface area contributed by atoms with Crippen molar-refractivity contribution in [2.45, 2.75) is 25.9 Å². The molecule has 0 saturated carbocycles. The van der Waals surface area contributed by atoms with Crippen LogP contribution in [0.1, 0.15) is 30.1 Å². The van der Waals surface area contributed by atoms with Gasteiger partial charge in [-0.15, -0.1) is 0 Å². The van der Waals surface area contributed by atoms with Crippen LogP contribution < -0.4 is 4.90 Å². The van der Waals surface area contributed by atoms with Crippen LogP contribution in [-0.2, 0) is 9.47 Å². The molecule has 0 bridgehead atoms. The number of halogens is 2. The van der Waals surface area contributed by atoms with Gasteiger partial charge in [-0.3, -0.25) is 4.79 Å². The Morgan fingerprint density at radius 2 is 2.05 bits per heavy atom. The molecule has 1 fully saturated rings. The van der Waals surface area contributed by atoms with Crippen molar-refractivity contribution in [2.75, 3.05) is 38.3 Å². The summed E-state index contributed by atoms with van der Waals surface area (Å²) in [7, 11) is 1.65. The number of piperidine rings is 1. The molecule has 0 aliphatic carbocycles. The summed E-state index contributed by atoms with van der Waals surface area (Å²) in [5, 5.41) is -0.0940. The summed E-state index contributed by atoms with van der Waals surface area (Å²) >= 11 is 5.96. The van der Waals surface area contributed by atoms with E-state index in [1.165, 1.54) is 13.0 Å². The molecule has 4 nitrogen and oxygen atoms in total. The van der Waals surface area contributed by atoms with Gasteiger partial charge in [0.1, 0.15) is 5.82 Å². The number of nitrogens with zero attached hydrogens (tertiary/aromatic N) is 1. The summed E-state index contributed by atoms with van der Waals surface area (Å²) in [6.07, 6.45) is 1.91. The van der Waals surface area contributed by atoms with Gasteiger partial charge in [-0.25, -0.2) is 4.39 Å². The zero-order valence-corrected chi connectivity index (χ0v) is 13.7. The minimum atomic E-state index is -0.562. The fraction of sp³-hybridized carbons (Fsp3) is 0.562. The van der Waals surface area contributed by atoms with Gasteiger partial charge in [-0.05, 0) is 31.9 Å². The SMILES string of the molecule is COCCOC1CCN(c2ccc(F)c(Cl)c2C(C)=O)CC1. The molecule has 0 aromatic heterocycles. The molecule has 0 N–H and O–H groups in total. The van der Waals surface area contributed by atoms with Gasteiger partial charge in [0.15, 0.2) is 5.78 Å². The number of rotatable bonds is 6.